The van der Waals surface area contributed by atoms with E-state index in [0.29, 0.717) is 24.5 Å². The first-order valence-electron chi connectivity index (χ1n) is 9.88. The third-order valence-electron chi connectivity index (χ3n) is 4.80. The molecule has 1 amide bonds. The standard InChI is InChI=1S/C22H19F3N6O2/c1-12(20(29-11-27)31-18-5-2-13(9-26)10-28-18)30-21(33)16-6-15(19(32)14-3-4-14)7-17(8-16)22(23,24)25/h2,5-8,10-12,14H,3-4H2,1H3,(H,30,33)(H2,27,28,29,31). The van der Waals surface area contributed by atoms with Crippen LogP contribution in [-0.2, 0) is 6.18 Å². The molecule has 33 heavy (non-hydrogen) atoms. The zero-order chi connectivity index (χ0) is 24.2. The number of amides is 1. The summed E-state index contributed by atoms with van der Waals surface area (Å²) in [7, 11) is 0. The molecule has 1 aliphatic carbocycles. The van der Waals surface area contributed by atoms with Crippen LogP contribution >= 0.6 is 0 Å². The van der Waals surface area contributed by atoms with Crippen LogP contribution < -0.4 is 11.1 Å². The summed E-state index contributed by atoms with van der Waals surface area (Å²) >= 11 is 0. The number of ketones is 1. The van der Waals surface area contributed by atoms with Gasteiger partial charge in [-0.05, 0) is 50.1 Å². The van der Waals surface area contributed by atoms with Crippen molar-refractivity contribution in [1.82, 2.24) is 10.3 Å². The molecule has 1 saturated carbocycles. The third-order valence-corrected chi connectivity index (χ3v) is 4.80. The molecular weight excluding hydrogens is 437 g/mol. The molecule has 1 aromatic carbocycles. The number of carbonyl (C=O) groups is 2. The lowest BCUT2D eigenvalue weighted by Gasteiger charge is -2.15. The van der Waals surface area contributed by atoms with E-state index in [0.717, 1.165) is 18.5 Å². The van der Waals surface area contributed by atoms with Crippen LogP contribution in [0.15, 0.2) is 46.5 Å². The fourth-order valence-corrected chi connectivity index (χ4v) is 2.94. The Hall–Kier alpha value is -4.07. The molecule has 0 aliphatic heterocycles. The van der Waals surface area contributed by atoms with Gasteiger partial charge in [0, 0.05) is 23.2 Å². The van der Waals surface area contributed by atoms with Gasteiger partial charge < -0.3 is 11.1 Å². The first-order valence-corrected chi connectivity index (χ1v) is 9.88. The second kappa shape index (κ2) is 9.60. The van der Waals surface area contributed by atoms with Crippen LogP contribution in [0, 0.1) is 17.2 Å². The molecule has 11 heteroatoms. The van der Waals surface area contributed by atoms with Crippen LogP contribution in [0.4, 0.5) is 19.0 Å². The minimum absolute atomic E-state index is 0.0318. The number of alkyl halides is 3. The van der Waals surface area contributed by atoms with Crippen molar-refractivity contribution >= 4 is 29.7 Å². The number of halogens is 3. The van der Waals surface area contributed by atoms with Gasteiger partial charge in [-0.3, -0.25) is 9.59 Å². The molecule has 8 nitrogen and oxygen atoms in total. The van der Waals surface area contributed by atoms with Gasteiger partial charge in [-0.25, -0.2) is 15.0 Å². The highest BCUT2D eigenvalue weighted by molar-refractivity contribution is 6.04. The molecule has 0 saturated heterocycles. The van der Waals surface area contributed by atoms with E-state index < -0.39 is 29.5 Å². The van der Waals surface area contributed by atoms with Gasteiger partial charge >= 0.3 is 6.18 Å². The minimum Gasteiger partial charge on any atom is -0.390 e. The number of nitrogens with zero attached hydrogens (tertiary/aromatic N) is 4. The van der Waals surface area contributed by atoms with Crippen LogP contribution in [0.5, 0.6) is 0 Å². The Kier molecular flexibility index (Phi) is 6.86. The molecule has 1 atom stereocenters. The molecule has 1 fully saturated rings. The van der Waals surface area contributed by atoms with Crippen molar-refractivity contribution < 1.29 is 22.8 Å². The first-order chi connectivity index (χ1) is 15.6. The number of carbonyl (C=O) groups excluding carboxylic acids is 2. The molecule has 1 heterocycles. The van der Waals surface area contributed by atoms with Crippen LogP contribution in [0.3, 0.4) is 0 Å². The fraction of sp³-hybridized carbons (Fsp3) is 0.273. The Morgan fingerprint density at radius 3 is 2.52 bits per heavy atom. The summed E-state index contributed by atoms with van der Waals surface area (Å²) in [6.45, 7) is 1.51. The van der Waals surface area contributed by atoms with E-state index in [1.165, 1.54) is 25.3 Å². The van der Waals surface area contributed by atoms with E-state index >= 15 is 0 Å². The molecule has 2 aromatic rings. The first kappa shape index (κ1) is 23.6. The van der Waals surface area contributed by atoms with Crippen LogP contribution in [0.1, 0.15) is 51.6 Å². The highest BCUT2D eigenvalue weighted by atomic mass is 19.4. The number of aliphatic imine (C=N–C) groups is 2. The summed E-state index contributed by atoms with van der Waals surface area (Å²) in [5.74, 6) is -1.34. The Balaban J connectivity index is 1.87. The van der Waals surface area contributed by atoms with Crippen LogP contribution in [0.25, 0.3) is 0 Å². The number of benzene rings is 1. The molecule has 1 aromatic heterocycles. The zero-order valence-corrected chi connectivity index (χ0v) is 17.4. The summed E-state index contributed by atoms with van der Waals surface area (Å²) in [5.41, 5.74) is 4.13. The van der Waals surface area contributed by atoms with Gasteiger partial charge in [0.15, 0.2) is 17.4 Å². The van der Waals surface area contributed by atoms with Gasteiger partial charge in [0.05, 0.1) is 23.5 Å². The summed E-state index contributed by atoms with van der Waals surface area (Å²) in [5, 5.41) is 11.4. The largest absolute Gasteiger partial charge is 0.416 e. The van der Waals surface area contributed by atoms with Crippen molar-refractivity contribution in [2.45, 2.75) is 32.0 Å². The summed E-state index contributed by atoms with van der Waals surface area (Å²) in [4.78, 5) is 37.2. The number of nitrogens with one attached hydrogen (secondary N) is 1. The maximum absolute atomic E-state index is 13.4. The monoisotopic (exact) mass is 456 g/mol. The van der Waals surface area contributed by atoms with Crippen LogP contribution in [0.2, 0.25) is 0 Å². The SMILES string of the molecule is CC(NC(=O)c1cc(C(=O)C2CC2)cc(C(F)(F)F)c1)C(N=CN)=Nc1ccc(C#N)cn1. The number of aromatic nitrogens is 1. The fourth-order valence-electron chi connectivity index (χ4n) is 2.94. The average Bonchev–Trinajstić information content (AvgIpc) is 3.63. The molecule has 1 unspecified atom stereocenters. The van der Waals surface area contributed by atoms with Crippen molar-refractivity contribution in [3.05, 3.63) is 58.8 Å². The smallest absolute Gasteiger partial charge is 0.390 e. The van der Waals surface area contributed by atoms with Gasteiger partial charge in [0.1, 0.15) is 6.07 Å². The summed E-state index contributed by atoms with van der Waals surface area (Å²) < 4.78 is 40.1. The predicted molar refractivity (Wildman–Crippen MR) is 114 cm³/mol. The average molecular weight is 456 g/mol. The van der Waals surface area contributed by atoms with Gasteiger partial charge in [-0.15, -0.1) is 0 Å². The van der Waals surface area contributed by atoms with E-state index in [2.05, 4.69) is 20.3 Å². The number of Topliss-reactive ketones (excluding diaryl/α,β-unsaturated/α-hetero) is 1. The number of amidine groups is 1. The quantitative estimate of drug-likeness (QED) is 0.390. The molecule has 170 valence electrons. The van der Waals surface area contributed by atoms with E-state index in [-0.39, 0.29) is 28.7 Å². The van der Waals surface area contributed by atoms with Gasteiger partial charge in [-0.2, -0.15) is 18.4 Å². The highest BCUT2D eigenvalue weighted by Gasteiger charge is 2.35. The number of hydrogen-bond donors (Lipinski definition) is 2. The Morgan fingerprint density at radius 1 is 1.27 bits per heavy atom. The Morgan fingerprint density at radius 2 is 1.97 bits per heavy atom. The topological polar surface area (TPSA) is 134 Å². The van der Waals surface area contributed by atoms with Gasteiger partial charge in [0.25, 0.3) is 5.91 Å². The van der Waals surface area contributed by atoms with Crippen molar-refractivity contribution in [2.24, 2.45) is 21.6 Å². The van der Waals surface area contributed by atoms with Gasteiger partial charge in [0.2, 0.25) is 0 Å². The number of rotatable bonds is 6. The van der Waals surface area contributed by atoms with E-state index in [4.69, 9.17) is 11.0 Å². The van der Waals surface area contributed by atoms with E-state index in [1.54, 1.807) is 0 Å². The number of pyridine rings is 1. The van der Waals surface area contributed by atoms with E-state index in [1.807, 2.05) is 6.07 Å². The van der Waals surface area contributed by atoms with Crippen LogP contribution in [-0.4, -0.2) is 34.9 Å². The summed E-state index contributed by atoms with van der Waals surface area (Å²) in [6.07, 6.45) is -1.24. The molecule has 0 spiro atoms. The molecule has 1 aliphatic rings. The van der Waals surface area contributed by atoms with Crippen molar-refractivity contribution in [3.8, 4) is 6.07 Å². The minimum atomic E-state index is -4.72. The molecule has 3 N–H and O–H groups in total. The second-order valence-corrected chi connectivity index (χ2v) is 7.40. The Labute approximate surface area is 187 Å². The van der Waals surface area contributed by atoms with Crippen molar-refractivity contribution in [3.63, 3.8) is 0 Å². The molecule has 0 bridgehead atoms. The lowest BCUT2D eigenvalue weighted by molar-refractivity contribution is -0.137. The van der Waals surface area contributed by atoms with Gasteiger partial charge in [-0.1, -0.05) is 0 Å². The summed E-state index contributed by atoms with van der Waals surface area (Å²) in [6, 6.07) is 6.61. The molecular formula is C22H19F3N6O2. The molecule has 3 rings (SSSR count). The van der Waals surface area contributed by atoms with Crippen molar-refractivity contribution in [1.29, 1.82) is 5.26 Å². The lowest BCUT2D eigenvalue weighted by atomic mass is 9.99. The third kappa shape index (κ3) is 6.00. The number of nitriles is 1. The highest BCUT2D eigenvalue weighted by Crippen LogP contribution is 2.35. The maximum atomic E-state index is 13.4. The predicted octanol–water partition coefficient (Wildman–Crippen LogP) is 3.40. The lowest BCUT2D eigenvalue weighted by Crippen LogP contribution is -2.38. The Bertz CT molecular complexity index is 1160. The van der Waals surface area contributed by atoms with Crippen molar-refractivity contribution in [2.75, 3.05) is 0 Å². The second-order valence-electron chi connectivity index (χ2n) is 7.40. The normalized spacial score (nSPS) is 15.2. The number of hydrogen-bond acceptors (Lipinski definition) is 5. The van der Waals surface area contributed by atoms with E-state index in [9.17, 15) is 22.8 Å². The maximum Gasteiger partial charge on any atom is 0.416 e. The number of nitrogens with two attached hydrogens (primary N) is 1. The molecule has 0 radical (unpaired) electrons. The zero-order valence-electron chi connectivity index (χ0n) is 17.4.